The summed E-state index contributed by atoms with van der Waals surface area (Å²) in [6, 6.07) is 4.51. The highest BCUT2D eigenvalue weighted by atomic mass is 35.5. The van der Waals surface area contributed by atoms with Gasteiger partial charge in [-0.25, -0.2) is 12.7 Å². The van der Waals surface area contributed by atoms with Crippen molar-refractivity contribution in [2.45, 2.75) is 6.10 Å². The van der Waals surface area contributed by atoms with Crippen LogP contribution in [-0.4, -0.2) is 48.7 Å². The number of benzene rings is 1. The van der Waals surface area contributed by atoms with E-state index in [2.05, 4.69) is 0 Å². The average Bonchev–Trinajstić information content (AvgIpc) is 2.23. The van der Waals surface area contributed by atoms with Crippen LogP contribution in [0.15, 0.2) is 18.2 Å². The van der Waals surface area contributed by atoms with E-state index in [1.165, 1.54) is 18.2 Å². The standard InChI is InChI=1S/C10H13Cl2NO5S/c1-13(19(15,16)17)5-9(14)6-18-10-3-7(11)2-8(12)4-10/h2-4,9,14H,5-6H2,1H3,(H,15,16,17)/p-1. The maximum Gasteiger partial charge on any atom is 0.161 e. The number of aliphatic hydroxyl groups is 1. The molecule has 19 heavy (non-hydrogen) atoms. The highest BCUT2D eigenvalue weighted by Crippen LogP contribution is 2.24. The molecule has 1 rings (SSSR count). The number of hydrogen-bond acceptors (Lipinski definition) is 5. The Morgan fingerprint density at radius 2 is 1.89 bits per heavy atom. The quantitative estimate of drug-likeness (QED) is 0.790. The smallest absolute Gasteiger partial charge is 0.161 e. The molecule has 0 heterocycles. The Hall–Kier alpha value is -0.570. The second kappa shape index (κ2) is 6.74. The first-order chi connectivity index (χ1) is 8.68. The monoisotopic (exact) mass is 328 g/mol. The van der Waals surface area contributed by atoms with Crippen LogP contribution in [0, 0.1) is 0 Å². The van der Waals surface area contributed by atoms with Crippen molar-refractivity contribution in [2.75, 3.05) is 20.2 Å². The number of nitrogens with zero attached hydrogens (tertiary/aromatic N) is 1. The van der Waals surface area contributed by atoms with Gasteiger partial charge in [-0.15, -0.1) is 0 Å². The van der Waals surface area contributed by atoms with Crippen molar-refractivity contribution in [3.05, 3.63) is 28.2 Å². The van der Waals surface area contributed by atoms with Crippen LogP contribution in [0.5, 0.6) is 5.75 Å². The second-order valence-electron chi connectivity index (χ2n) is 3.81. The van der Waals surface area contributed by atoms with Crippen LogP contribution in [0.4, 0.5) is 0 Å². The molecule has 9 heteroatoms. The van der Waals surface area contributed by atoms with E-state index in [0.29, 0.717) is 20.1 Å². The molecule has 0 saturated heterocycles. The first-order valence-electron chi connectivity index (χ1n) is 5.12. The minimum Gasteiger partial charge on any atom is -0.735 e. The fraction of sp³-hybridized carbons (Fsp3) is 0.400. The summed E-state index contributed by atoms with van der Waals surface area (Å²) in [6.45, 7) is -0.559. The lowest BCUT2D eigenvalue weighted by atomic mass is 10.3. The predicted molar refractivity (Wildman–Crippen MR) is 70.3 cm³/mol. The highest BCUT2D eigenvalue weighted by Gasteiger charge is 2.13. The summed E-state index contributed by atoms with van der Waals surface area (Å²) in [7, 11) is -3.50. The normalized spacial score (nSPS) is 13.6. The van der Waals surface area contributed by atoms with Gasteiger partial charge in [0.25, 0.3) is 0 Å². The number of halogens is 2. The number of aliphatic hydroxyl groups excluding tert-OH is 1. The van der Waals surface area contributed by atoms with Gasteiger partial charge in [-0.2, -0.15) is 0 Å². The number of rotatable bonds is 6. The van der Waals surface area contributed by atoms with E-state index in [1.54, 1.807) is 0 Å². The predicted octanol–water partition coefficient (Wildman–Crippen LogP) is 1.13. The molecule has 1 N–H and O–H groups in total. The summed E-state index contributed by atoms with van der Waals surface area (Å²) < 4.78 is 37.5. The Morgan fingerprint density at radius 1 is 1.37 bits per heavy atom. The van der Waals surface area contributed by atoms with Crippen molar-refractivity contribution in [3.63, 3.8) is 0 Å². The van der Waals surface area contributed by atoms with Gasteiger partial charge >= 0.3 is 0 Å². The first kappa shape index (κ1) is 16.5. The van der Waals surface area contributed by atoms with Crippen LogP contribution in [0.3, 0.4) is 0 Å². The SMILES string of the molecule is CN(CC(O)COc1cc(Cl)cc(Cl)c1)S(=O)(=O)[O-]. The number of ether oxygens (including phenoxy) is 1. The molecule has 6 nitrogen and oxygen atoms in total. The summed E-state index contributed by atoms with van der Waals surface area (Å²) in [5, 5.41) is 10.3. The fourth-order valence-corrected chi connectivity index (χ4v) is 2.11. The molecule has 0 amide bonds. The van der Waals surface area contributed by atoms with E-state index in [0.717, 1.165) is 7.05 Å². The van der Waals surface area contributed by atoms with Gasteiger partial charge in [-0.05, 0) is 18.2 Å². The second-order valence-corrected chi connectivity index (χ2v) is 6.16. The maximum atomic E-state index is 10.6. The molecule has 0 aliphatic heterocycles. The van der Waals surface area contributed by atoms with E-state index in [4.69, 9.17) is 27.9 Å². The molecule has 0 fully saturated rings. The van der Waals surface area contributed by atoms with Crippen molar-refractivity contribution >= 4 is 33.5 Å². The Balaban J connectivity index is 2.52. The molecule has 1 unspecified atom stereocenters. The van der Waals surface area contributed by atoms with Crippen LogP contribution >= 0.6 is 23.2 Å². The molecule has 0 aliphatic rings. The third-order valence-corrected chi connectivity index (χ3v) is 3.48. The zero-order valence-corrected chi connectivity index (χ0v) is 12.2. The lowest BCUT2D eigenvalue weighted by Crippen LogP contribution is -2.36. The van der Waals surface area contributed by atoms with Gasteiger partial charge in [0.1, 0.15) is 18.5 Å². The molecule has 0 aliphatic carbocycles. The zero-order valence-electron chi connectivity index (χ0n) is 9.92. The molecule has 0 saturated carbocycles. The topological polar surface area (TPSA) is 89.9 Å². The van der Waals surface area contributed by atoms with Crippen LogP contribution in [0.2, 0.25) is 10.0 Å². The van der Waals surface area contributed by atoms with Gasteiger partial charge in [-0.1, -0.05) is 23.2 Å². The van der Waals surface area contributed by atoms with E-state index in [1.807, 2.05) is 0 Å². The number of likely N-dealkylation sites (N-methyl/N-ethyl adjacent to an activating group) is 1. The summed E-state index contributed by atoms with van der Waals surface area (Å²) in [5.41, 5.74) is 0. The largest absolute Gasteiger partial charge is 0.735 e. The Bertz CT molecular complexity index is 516. The maximum absolute atomic E-state index is 10.6. The molecule has 0 spiro atoms. The van der Waals surface area contributed by atoms with Crippen molar-refractivity contribution in [1.29, 1.82) is 0 Å². The van der Waals surface area contributed by atoms with Gasteiger partial charge in [0.05, 0.1) is 0 Å². The summed E-state index contributed by atoms with van der Waals surface area (Å²) in [4.78, 5) is 0. The van der Waals surface area contributed by atoms with Gasteiger partial charge in [0.15, 0.2) is 10.3 Å². The van der Waals surface area contributed by atoms with Gasteiger partial charge in [0.2, 0.25) is 0 Å². The Kier molecular flexibility index (Phi) is 5.84. The third-order valence-electron chi connectivity index (χ3n) is 2.13. The fourth-order valence-electron chi connectivity index (χ4n) is 1.25. The molecule has 0 radical (unpaired) electrons. The minimum atomic E-state index is -4.57. The molecule has 1 atom stereocenters. The van der Waals surface area contributed by atoms with Crippen molar-refractivity contribution < 1.29 is 22.8 Å². The van der Waals surface area contributed by atoms with Gasteiger partial charge in [0, 0.05) is 23.6 Å². The minimum absolute atomic E-state index is 0.198. The molecule has 0 bridgehead atoms. The molecular formula is C10H12Cl2NO5S-. The Labute approximate surface area is 121 Å². The Morgan fingerprint density at radius 3 is 2.37 bits per heavy atom. The third kappa shape index (κ3) is 5.94. The van der Waals surface area contributed by atoms with Crippen molar-refractivity contribution in [1.82, 2.24) is 4.31 Å². The van der Waals surface area contributed by atoms with Gasteiger partial charge < -0.3 is 14.4 Å². The molecule has 1 aromatic rings. The van der Waals surface area contributed by atoms with E-state index in [-0.39, 0.29) is 13.2 Å². The first-order valence-corrected chi connectivity index (χ1v) is 7.24. The summed E-state index contributed by atoms with van der Waals surface area (Å²) >= 11 is 11.5. The summed E-state index contributed by atoms with van der Waals surface area (Å²) in [5.74, 6) is 0.337. The van der Waals surface area contributed by atoms with Crippen LogP contribution in [0.1, 0.15) is 0 Å². The van der Waals surface area contributed by atoms with Crippen LogP contribution in [-0.2, 0) is 10.3 Å². The van der Waals surface area contributed by atoms with E-state index in [9.17, 15) is 18.1 Å². The average molecular weight is 329 g/mol. The van der Waals surface area contributed by atoms with E-state index < -0.39 is 16.4 Å². The van der Waals surface area contributed by atoms with Crippen molar-refractivity contribution in [2.24, 2.45) is 0 Å². The lowest BCUT2D eigenvalue weighted by Gasteiger charge is -2.23. The lowest BCUT2D eigenvalue weighted by molar-refractivity contribution is 0.0916. The van der Waals surface area contributed by atoms with Crippen LogP contribution < -0.4 is 4.74 Å². The molecule has 108 valence electrons. The molecular weight excluding hydrogens is 317 g/mol. The zero-order chi connectivity index (χ0) is 14.6. The van der Waals surface area contributed by atoms with E-state index >= 15 is 0 Å². The highest BCUT2D eigenvalue weighted by molar-refractivity contribution is 7.83. The van der Waals surface area contributed by atoms with Crippen molar-refractivity contribution in [3.8, 4) is 5.75 Å². The van der Waals surface area contributed by atoms with Crippen LogP contribution in [0.25, 0.3) is 0 Å². The molecule has 0 aromatic heterocycles. The summed E-state index contributed by atoms with van der Waals surface area (Å²) in [6.07, 6.45) is -1.15. The van der Waals surface area contributed by atoms with Gasteiger partial charge in [-0.3, -0.25) is 0 Å². The molecule has 1 aromatic carbocycles. The number of hydrogen-bond donors (Lipinski definition) is 1.